The number of benzene rings is 3. The second-order valence-electron chi connectivity index (χ2n) is 7.59. The zero-order valence-corrected chi connectivity index (χ0v) is 18.6. The van der Waals surface area contributed by atoms with E-state index in [-0.39, 0.29) is 22.1 Å². The number of nitrogens with zero attached hydrogens (tertiary/aromatic N) is 1. The molecule has 0 aliphatic carbocycles. The standard InChI is InChI=1S/C24H24FN3O4S/c25-20-6-8-21(9-7-20)27-33(30,31)23-3-1-2-19(16-23)24(29)26-17-18-4-10-22(11-5-18)28-12-14-32-15-13-28/h1-11,16,27H,12-15,17H2,(H,26,29). The molecule has 1 saturated heterocycles. The highest BCUT2D eigenvalue weighted by Crippen LogP contribution is 2.19. The first kappa shape index (κ1) is 22.8. The Morgan fingerprint density at radius 1 is 0.970 bits per heavy atom. The number of hydrogen-bond acceptors (Lipinski definition) is 5. The average molecular weight is 470 g/mol. The number of morpholine rings is 1. The Kier molecular flexibility index (Phi) is 6.90. The van der Waals surface area contributed by atoms with Gasteiger partial charge in [0.25, 0.3) is 15.9 Å². The van der Waals surface area contributed by atoms with E-state index in [1.807, 2.05) is 24.3 Å². The normalized spacial score (nSPS) is 14.0. The minimum absolute atomic E-state index is 0.0608. The second kappa shape index (κ2) is 10.0. The molecule has 1 heterocycles. The van der Waals surface area contributed by atoms with Crippen molar-refractivity contribution >= 4 is 27.3 Å². The van der Waals surface area contributed by atoms with Crippen LogP contribution in [0.25, 0.3) is 0 Å². The SMILES string of the molecule is O=C(NCc1ccc(N2CCOCC2)cc1)c1cccc(S(=O)(=O)Nc2ccc(F)cc2)c1. The lowest BCUT2D eigenvalue weighted by atomic mass is 10.1. The van der Waals surface area contributed by atoms with Gasteiger partial charge in [-0.15, -0.1) is 0 Å². The molecule has 9 heteroatoms. The molecular weight excluding hydrogens is 445 g/mol. The van der Waals surface area contributed by atoms with Gasteiger partial charge in [0.05, 0.1) is 18.1 Å². The van der Waals surface area contributed by atoms with Gasteiger partial charge in [-0.05, 0) is 60.2 Å². The monoisotopic (exact) mass is 469 g/mol. The molecule has 1 amide bonds. The van der Waals surface area contributed by atoms with Crippen LogP contribution < -0.4 is 14.9 Å². The first-order chi connectivity index (χ1) is 15.9. The molecule has 0 saturated carbocycles. The molecule has 172 valence electrons. The molecule has 7 nitrogen and oxygen atoms in total. The van der Waals surface area contributed by atoms with Crippen LogP contribution in [0.15, 0.2) is 77.7 Å². The molecule has 2 N–H and O–H groups in total. The summed E-state index contributed by atoms with van der Waals surface area (Å²) in [5, 5.41) is 2.82. The number of carbonyl (C=O) groups is 1. The fourth-order valence-electron chi connectivity index (χ4n) is 3.47. The molecule has 0 spiro atoms. The predicted molar refractivity (Wildman–Crippen MR) is 124 cm³/mol. The quantitative estimate of drug-likeness (QED) is 0.554. The molecule has 1 aliphatic rings. The summed E-state index contributed by atoms with van der Waals surface area (Å²) in [6, 6.07) is 18.7. The van der Waals surface area contributed by atoms with E-state index in [0.29, 0.717) is 19.8 Å². The summed E-state index contributed by atoms with van der Waals surface area (Å²) in [7, 11) is -3.93. The number of amides is 1. The van der Waals surface area contributed by atoms with Crippen molar-refractivity contribution in [3.05, 3.63) is 89.7 Å². The molecule has 1 aliphatic heterocycles. The van der Waals surface area contributed by atoms with E-state index in [1.54, 1.807) is 6.07 Å². The molecule has 0 atom stereocenters. The number of sulfonamides is 1. The van der Waals surface area contributed by atoms with Crippen LogP contribution in [0, 0.1) is 5.82 Å². The molecule has 0 unspecified atom stereocenters. The Labute approximate surface area is 192 Å². The Morgan fingerprint density at radius 2 is 1.67 bits per heavy atom. The first-order valence-electron chi connectivity index (χ1n) is 10.5. The van der Waals surface area contributed by atoms with E-state index < -0.39 is 15.8 Å². The van der Waals surface area contributed by atoms with Crippen molar-refractivity contribution in [3.63, 3.8) is 0 Å². The maximum Gasteiger partial charge on any atom is 0.261 e. The van der Waals surface area contributed by atoms with Crippen molar-refractivity contribution in [2.45, 2.75) is 11.4 Å². The fourth-order valence-corrected chi connectivity index (χ4v) is 4.57. The van der Waals surface area contributed by atoms with Crippen LogP contribution in [0.2, 0.25) is 0 Å². The van der Waals surface area contributed by atoms with Crippen molar-refractivity contribution in [1.29, 1.82) is 0 Å². The summed E-state index contributed by atoms with van der Waals surface area (Å²) < 4.78 is 46.1. The van der Waals surface area contributed by atoms with Crippen molar-refractivity contribution in [2.75, 3.05) is 35.9 Å². The Bertz CT molecular complexity index is 1210. The molecule has 1 fully saturated rings. The summed E-state index contributed by atoms with van der Waals surface area (Å²) in [4.78, 5) is 14.8. The summed E-state index contributed by atoms with van der Waals surface area (Å²) >= 11 is 0. The molecule has 4 rings (SSSR count). The maximum atomic E-state index is 13.1. The molecule has 3 aromatic carbocycles. The van der Waals surface area contributed by atoms with E-state index in [4.69, 9.17) is 4.74 Å². The van der Waals surface area contributed by atoms with Gasteiger partial charge in [0.15, 0.2) is 0 Å². The highest BCUT2D eigenvalue weighted by Gasteiger charge is 2.17. The van der Waals surface area contributed by atoms with Crippen LogP contribution in [-0.2, 0) is 21.3 Å². The zero-order chi connectivity index (χ0) is 23.3. The Balaban J connectivity index is 1.38. The van der Waals surface area contributed by atoms with Gasteiger partial charge in [0, 0.05) is 36.6 Å². The number of carbonyl (C=O) groups excluding carboxylic acids is 1. The van der Waals surface area contributed by atoms with Gasteiger partial charge >= 0.3 is 0 Å². The van der Waals surface area contributed by atoms with Crippen molar-refractivity contribution in [3.8, 4) is 0 Å². The maximum absolute atomic E-state index is 13.1. The number of rotatable bonds is 7. The van der Waals surface area contributed by atoms with Gasteiger partial charge in [-0.25, -0.2) is 12.8 Å². The van der Waals surface area contributed by atoms with Crippen LogP contribution in [0.1, 0.15) is 15.9 Å². The van der Waals surface area contributed by atoms with Gasteiger partial charge < -0.3 is 15.0 Å². The third-order valence-electron chi connectivity index (χ3n) is 5.27. The summed E-state index contributed by atoms with van der Waals surface area (Å²) in [5.41, 5.74) is 2.50. The lowest BCUT2D eigenvalue weighted by molar-refractivity contribution is 0.0950. The third kappa shape index (κ3) is 5.88. The van der Waals surface area contributed by atoms with E-state index in [2.05, 4.69) is 14.9 Å². The van der Waals surface area contributed by atoms with Crippen LogP contribution in [-0.4, -0.2) is 40.6 Å². The van der Waals surface area contributed by atoms with Crippen molar-refractivity contribution in [1.82, 2.24) is 5.32 Å². The number of nitrogens with one attached hydrogen (secondary N) is 2. The number of ether oxygens (including phenoxy) is 1. The molecule has 3 aromatic rings. The zero-order valence-electron chi connectivity index (χ0n) is 17.8. The lowest BCUT2D eigenvalue weighted by Crippen LogP contribution is -2.36. The van der Waals surface area contributed by atoms with Gasteiger partial charge in [-0.1, -0.05) is 18.2 Å². The lowest BCUT2D eigenvalue weighted by Gasteiger charge is -2.28. The number of hydrogen-bond donors (Lipinski definition) is 2. The van der Waals surface area contributed by atoms with Gasteiger partial charge in [0.1, 0.15) is 5.82 Å². The molecular formula is C24H24FN3O4S. The van der Waals surface area contributed by atoms with Crippen molar-refractivity contribution < 1.29 is 22.3 Å². The average Bonchev–Trinajstić information content (AvgIpc) is 2.85. The fraction of sp³-hybridized carbons (Fsp3) is 0.208. The molecule has 0 bridgehead atoms. The molecule has 0 radical (unpaired) electrons. The van der Waals surface area contributed by atoms with E-state index in [9.17, 15) is 17.6 Å². The van der Waals surface area contributed by atoms with E-state index >= 15 is 0 Å². The smallest absolute Gasteiger partial charge is 0.261 e. The molecule has 33 heavy (non-hydrogen) atoms. The van der Waals surface area contributed by atoms with Crippen LogP contribution in [0.5, 0.6) is 0 Å². The van der Waals surface area contributed by atoms with Gasteiger partial charge in [0.2, 0.25) is 0 Å². The highest BCUT2D eigenvalue weighted by molar-refractivity contribution is 7.92. The van der Waals surface area contributed by atoms with Crippen LogP contribution >= 0.6 is 0 Å². The first-order valence-corrected chi connectivity index (χ1v) is 12.0. The molecule has 0 aromatic heterocycles. The largest absolute Gasteiger partial charge is 0.378 e. The van der Waals surface area contributed by atoms with Gasteiger partial charge in [-0.2, -0.15) is 0 Å². The predicted octanol–water partition coefficient (Wildman–Crippen LogP) is 3.39. The minimum atomic E-state index is -3.93. The van der Waals surface area contributed by atoms with E-state index in [1.165, 1.54) is 30.3 Å². The summed E-state index contributed by atoms with van der Waals surface area (Å²) in [5.74, 6) is -0.849. The summed E-state index contributed by atoms with van der Waals surface area (Å²) in [6.45, 7) is 3.45. The summed E-state index contributed by atoms with van der Waals surface area (Å²) in [6.07, 6.45) is 0. The Hall–Kier alpha value is -3.43. The number of halogens is 1. The van der Waals surface area contributed by atoms with Gasteiger partial charge in [-0.3, -0.25) is 9.52 Å². The minimum Gasteiger partial charge on any atom is -0.378 e. The van der Waals surface area contributed by atoms with Crippen LogP contribution in [0.4, 0.5) is 15.8 Å². The Morgan fingerprint density at radius 3 is 2.36 bits per heavy atom. The second-order valence-corrected chi connectivity index (χ2v) is 9.27. The number of anilines is 2. The topological polar surface area (TPSA) is 87.7 Å². The van der Waals surface area contributed by atoms with Crippen LogP contribution in [0.3, 0.4) is 0 Å². The third-order valence-corrected chi connectivity index (χ3v) is 6.65. The van der Waals surface area contributed by atoms with E-state index in [0.717, 1.165) is 36.5 Å². The highest BCUT2D eigenvalue weighted by atomic mass is 32.2. The van der Waals surface area contributed by atoms with Crippen molar-refractivity contribution in [2.24, 2.45) is 0 Å².